The summed E-state index contributed by atoms with van der Waals surface area (Å²) >= 11 is 0. The molecule has 3 heterocycles. The van der Waals surface area contributed by atoms with Gasteiger partial charge in [-0.2, -0.15) is 0 Å². The smallest absolute Gasteiger partial charge is 0.290 e. The molecule has 1 atom stereocenters. The van der Waals surface area contributed by atoms with Crippen molar-refractivity contribution in [3.05, 3.63) is 60.4 Å². The molecule has 234 valence electrons. The maximum absolute atomic E-state index is 11.9. The molecule has 4 rings (SSSR count). The summed E-state index contributed by atoms with van der Waals surface area (Å²) in [5.41, 5.74) is 7.43. The van der Waals surface area contributed by atoms with Crippen LogP contribution in [0.2, 0.25) is 0 Å². The molecule has 43 heavy (non-hydrogen) atoms. The summed E-state index contributed by atoms with van der Waals surface area (Å²) in [6.45, 7) is 6.70. The zero-order chi connectivity index (χ0) is 32.4. The fourth-order valence-corrected chi connectivity index (χ4v) is 3.42. The normalized spacial score (nSPS) is 10.6. The number of aldehydes is 1. The number of oxazole rings is 1. The molecule has 0 saturated heterocycles. The molecule has 0 aliphatic rings. The first-order chi connectivity index (χ1) is 20.7. The van der Waals surface area contributed by atoms with Gasteiger partial charge in [-0.15, -0.1) is 0 Å². The molecule has 0 fully saturated rings. The molecule has 13 heteroatoms. The Morgan fingerprint density at radius 3 is 2.37 bits per heavy atom. The second kappa shape index (κ2) is 19.4. The van der Waals surface area contributed by atoms with Crippen molar-refractivity contribution in [2.24, 2.45) is 5.73 Å². The Kier molecular flexibility index (Phi) is 16.4. The number of pyridine rings is 1. The van der Waals surface area contributed by atoms with Crippen LogP contribution >= 0.6 is 0 Å². The minimum Gasteiger partial charge on any atom is -0.495 e. The molecule has 3 N–H and O–H groups in total. The highest BCUT2D eigenvalue weighted by molar-refractivity contribution is 5.94. The number of likely N-dealkylation sites (N-methyl/N-ethyl adjacent to an activating group) is 2. The highest BCUT2D eigenvalue weighted by Gasteiger charge is 2.20. The number of ether oxygens (including phenoxy) is 2. The van der Waals surface area contributed by atoms with Crippen LogP contribution in [-0.2, 0) is 16.1 Å². The molecular weight excluding hydrogens is 558 g/mol. The topological polar surface area (TPSA) is 174 Å². The third kappa shape index (κ3) is 10.9. The number of aromatic nitrogens is 2. The molecule has 0 aliphatic carbocycles. The number of carboxylic acid groups (broad SMARTS) is 1. The molecule has 0 spiro atoms. The van der Waals surface area contributed by atoms with Gasteiger partial charge in [-0.3, -0.25) is 24.3 Å². The van der Waals surface area contributed by atoms with Crippen LogP contribution in [0.15, 0.2) is 57.8 Å². The minimum absolute atomic E-state index is 0.00996. The lowest BCUT2D eigenvalue weighted by atomic mass is 10.1. The number of furan rings is 1. The van der Waals surface area contributed by atoms with E-state index in [0.29, 0.717) is 42.0 Å². The zero-order valence-corrected chi connectivity index (χ0v) is 25.6. The van der Waals surface area contributed by atoms with Crippen LogP contribution in [0.25, 0.3) is 22.4 Å². The van der Waals surface area contributed by atoms with E-state index in [2.05, 4.69) is 9.97 Å². The lowest BCUT2D eigenvalue weighted by Crippen LogP contribution is -2.41. The van der Waals surface area contributed by atoms with Gasteiger partial charge in [-0.05, 0) is 44.3 Å². The Labute approximate surface area is 251 Å². The van der Waals surface area contributed by atoms with Crippen molar-refractivity contribution in [1.82, 2.24) is 19.8 Å². The summed E-state index contributed by atoms with van der Waals surface area (Å²) in [7, 11) is 6.90. The van der Waals surface area contributed by atoms with Crippen LogP contribution in [0, 0.1) is 0 Å². The number of amides is 1. The maximum atomic E-state index is 11.9. The van der Waals surface area contributed by atoms with E-state index in [1.54, 1.807) is 44.6 Å². The molecule has 0 bridgehead atoms. The summed E-state index contributed by atoms with van der Waals surface area (Å²) in [6, 6.07) is 9.01. The molecule has 3 aromatic heterocycles. The van der Waals surface area contributed by atoms with Crippen LogP contribution in [0.1, 0.15) is 37.0 Å². The molecular formula is C30H41N5O8. The standard InChI is InChI=1S/C20H23N3O5.C7H10N2O.C2H6.CH2O2/c1-13(23(4)10-18(25)22(2)3)12-27-19-15-6-5-14(20-21-7-8-26-20)9-16(15)28-17(19)11-24;1-10-7-3-2-4-9-6(7)5-8;1-2;2-1-3/h5-9,11,13H,10,12H2,1-4H3;2-4H,5,8H2,1H3;1-2H3;1H,(H,2,3). The Balaban J connectivity index is 0.000000511. The van der Waals surface area contributed by atoms with Crippen molar-refractivity contribution in [1.29, 1.82) is 0 Å². The van der Waals surface area contributed by atoms with Gasteiger partial charge in [0.1, 0.15) is 24.2 Å². The predicted octanol–water partition coefficient (Wildman–Crippen LogP) is 3.96. The number of benzene rings is 1. The number of fused-ring (bicyclic) bond motifs is 1. The number of nitrogens with two attached hydrogens (primary N) is 1. The predicted molar refractivity (Wildman–Crippen MR) is 162 cm³/mol. The number of rotatable bonds is 10. The maximum Gasteiger partial charge on any atom is 0.290 e. The quantitative estimate of drug-likeness (QED) is 0.251. The number of hydrogen-bond donors (Lipinski definition) is 2. The van der Waals surface area contributed by atoms with E-state index in [1.807, 2.05) is 57.0 Å². The number of carbonyl (C=O) groups is 3. The van der Waals surface area contributed by atoms with Gasteiger partial charge in [-0.25, -0.2) is 4.98 Å². The van der Waals surface area contributed by atoms with Crippen molar-refractivity contribution in [2.45, 2.75) is 33.4 Å². The molecule has 1 aromatic carbocycles. The van der Waals surface area contributed by atoms with Gasteiger partial charge in [0.15, 0.2) is 12.0 Å². The molecule has 1 unspecified atom stereocenters. The van der Waals surface area contributed by atoms with Gasteiger partial charge in [0, 0.05) is 38.4 Å². The average Bonchev–Trinajstić information content (AvgIpc) is 3.69. The highest BCUT2D eigenvalue weighted by Crippen LogP contribution is 2.35. The van der Waals surface area contributed by atoms with Crippen LogP contribution in [0.4, 0.5) is 0 Å². The first-order valence-corrected chi connectivity index (χ1v) is 13.4. The van der Waals surface area contributed by atoms with E-state index in [0.717, 1.165) is 17.0 Å². The Bertz CT molecular complexity index is 1370. The fraction of sp³-hybridized carbons (Fsp3) is 0.367. The van der Waals surface area contributed by atoms with Crippen LogP contribution in [0.5, 0.6) is 11.5 Å². The summed E-state index contributed by atoms with van der Waals surface area (Å²) in [6.07, 6.45) is 5.38. The summed E-state index contributed by atoms with van der Waals surface area (Å²) in [5.74, 6) is 1.75. The summed E-state index contributed by atoms with van der Waals surface area (Å²) in [5, 5.41) is 7.58. The second-order valence-corrected chi connectivity index (χ2v) is 8.79. The van der Waals surface area contributed by atoms with Crippen molar-refractivity contribution in [3.63, 3.8) is 0 Å². The molecule has 0 saturated carbocycles. The lowest BCUT2D eigenvalue weighted by molar-refractivity contribution is -0.130. The molecule has 1 amide bonds. The van der Waals surface area contributed by atoms with Crippen molar-refractivity contribution in [2.75, 3.05) is 41.4 Å². The second-order valence-electron chi connectivity index (χ2n) is 8.79. The van der Waals surface area contributed by atoms with E-state index in [4.69, 9.17) is 33.9 Å². The Morgan fingerprint density at radius 1 is 1.14 bits per heavy atom. The summed E-state index contributed by atoms with van der Waals surface area (Å²) < 4.78 is 21.8. The average molecular weight is 600 g/mol. The minimum atomic E-state index is -0.250. The van der Waals surface area contributed by atoms with E-state index >= 15 is 0 Å². The molecule has 13 nitrogen and oxygen atoms in total. The van der Waals surface area contributed by atoms with Gasteiger partial charge < -0.3 is 34.0 Å². The summed E-state index contributed by atoms with van der Waals surface area (Å²) in [4.78, 5) is 43.2. The SMILES string of the molecule is CC.CC(COc1c(C=O)oc2cc(-c3ncco3)ccc12)N(C)CC(=O)N(C)C.COc1cccnc1CN.O=CO. The van der Waals surface area contributed by atoms with Gasteiger partial charge in [0.05, 0.1) is 30.9 Å². The largest absolute Gasteiger partial charge is 0.495 e. The Morgan fingerprint density at radius 2 is 1.84 bits per heavy atom. The van der Waals surface area contributed by atoms with Crippen molar-refractivity contribution < 1.29 is 37.8 Å². The highest BCUT2D eigenvalue weighted by atomic mass is 16.5. The number of carbonyl (C=O) groups excluding carboxylic acids is 2. The number of methoxy groups -OCH3 is 1. The zero-order valence-electron chi connectivity index (χ0n) is 25.6. The van der Waals surface area contributed by atoms with Gasteiger partial charge in [-0.1, -0.05) is 13.8 Å². The van der Waals surface area contributed by atoms with Gasteiger partial charge >= 0.3 is 0 Å². The Hall–Kier alpha value is -4.75. The van der Waals surface area contributed by atoms with Crippen molar-refractivity contribution in [3.8, 4) is 23.0 Å². The lowest BCUT2D eigenvalue weighted by Gasteiger charge is -2.25. The fourth-order valence-electron chi connectivity index (χ4n) is 3.42. The third-order valence-corrected chi connectivity index (χ3v) is 5.82. The van der Waals surface area contributed by atoms with Gasteiger partial charge in [0.2, 0.25) is 17.6 Å². The van der Waals surface area contributed by atoms with Crippen molar-refractivity contribution >= 4 is 29.6 Å². The number of hydrogen-bond acceptors (Lipinski definition) is 11. The third-order valence-electron chi connectivity index (χ3n) is 5.82. The van der Waals surface area contributed by atoms with Crippen LogP contribution in [-0.4, -0.2) is 91.0 Å². The molecule has 0 radical (unpaired) electrons. The van der Waals surface area contributed by atoms with E-state index < -0.39 is 0 Å². The monoisotopic (exact) mass is 599 g/mol. The molecule has 0 aliphatic heterocycles. The van der Waals surface area contributed by atoms with Crippen LogP contribution in [0.3, 0.4) is 0 Å². The van der Waals surface area contributed by atoms with E-state index in [1.165, 1.54) is 6.26 Å². The van der Waals surface area contributed by atoms with E-state index in [9.17, 15) is 9.59 Å². The van der Waals surface area contributed by atoms with E-state index in [-0.39, 0.29) is 30.7 Å². The number of nitrogens with zero attached hydrogens (tertiary/aromatic N) is 4. The first-order valence-electron chi connectivity index (χ1n) is 13.4. The van der Waals surface area contributed by atoms with Gasteiger partial charge in [0.25, 0.3) is 6.47 Å². The molecule has 4 aromatic rings. The first kappa shape index (κ1) is 36.3. The van der Waals surface area contributed by atoms with Crippen LogP contribution < -0.4 is 15.2 Å².